The fourth-order valence-corrected chi connectivity index (χ4v) is 1.80. The van der Waals surface area contributed by atoms with E-state index < -0.39 is 11.5 Å². The van der Waals surface area contributed by atoms with Crippen molar-refractivity contribution in [3.63, 3.8) is 0 Å². The van der Waals surface area contributed by atoms with E-state index in [1.165, 1.54) is 4.68 Å². The predicted molar refractivity (Wildman–Crippen MR) is 67.4 cm³/mol. The molecule has 1 N–H and O–H groups in total. The molecule has 1 atom stereocenters. The Labute approximate surface area is 110 Å². The highest BCUT2D eigenvalue weighted by Gasteiger charge is 2.37. The van der Waals surface area contributed by atoms with Gasteiger partial charge in [0.2, 0.25) is 0 Å². The minimum absolute atomic E-state index is 0.379. The zero-order valence-corrected chi connectivity index (χ0v) is 11.0. The summed E-state index contributed by atoms with van der Waals surface area (Å²) in [6.45, 7) is 5.27. The molecular formula is C12H15N5O2. The van der Waals surface area contributed by atoms with E-state index in [1.807, 2.05) is 6.92 Å². The van der Waals surface area contributed by atoms with Gasteiger partial charge in [0.25, 0.3) is 0 Å². The Balaban J connectivity index is 2.61. The summed E-state index contributed by atoms with van der Waals surface area (Å²) in [5.41, 5.74) is 0.498. The van der Waals surface area contributed by atoms with Gasteiger partial charge in [-0.1, -0.05) is 6.92 Å². The lowest BCUT2D eigenvalue weighted by Crippen LogP contribution is -2.39. The first-order valence-electron chi connectivity index (χ1n) is 5.94. The van der Waals surface area contributed by atoms with Gasteiger partial charge in [-0.05, 0) is 42.3 Å². The van der Waals surface area contributed by atoms with Gasteiger partial charge in [0.1, 0.15) is 0 Å². The largest absolute Gasteiger partial charge is 0.479 e. The van der Waals surface area contributed by atoms with Crippen LogP contribution in [0.2, 0.25) is 0 Å². The highest BCUT2D eigenvalue weighted by molar-refractivity contribution is 5.77. The van der Waals surface area contributed by atoms with E-state index in [4.69, 9.17) is 0 Å². The molecule has 0 spiro atoms. The lowest BCUT2D eigenvalue weighted by Gasteiger charge is -2.24. The number of nitrogens with zero attached hydrogens (tertiary/aromatic N) is 5. The number of aromatic nitrogens is 5. The second kappa shape index (κ2) is 4.75. The van der Waals surface area contributed by atoms with Crippen molar-refractivity contribution in [2.45, 2.75) is 32.7 Å². The summed E-state index contributed by atoms with van der Waals surface area (Å²) in [6.07, 6.45) is 3.70. The maximum Gasteiger partial charge on any atom is 0.331 e. The van der Waals surface area contributed by atoms with Crippen molar-refractivity contribution in [3.8, 4) is 11.4 Å². The summed E-state index contributed by atoms with van der Waals surface area (Å²) in [5.74, 6) is -0.526. The average Bonchev–Trinajstić information content (AvgIpc) is 2.87. The number of pyridine rings is 1. The number of rotatable bonds is 4. The maximum atomic E-state index is 11.5. The van der Waals surface area contributed by atoms with Crippen LogP contribution >= 0.6 is 0 Å². The zero-order chi connectivity index (χ0) is 14.0. The number of tetrazole rings is 1. The summed E-state index contributed by atoms with van der Waals surface area (Å²) in [4.78, 5) is 15.5. The van der Waals surface area contributed by atoms with Crippen molar-refractivity contribution in [1.82, 2.24) is 25.2 Å². The highest BCUT2D eigenvalue weighted by atomic mass is 16.4. The van der Waals surface area contributed by atoms with Crippen molar-refractivity contribution in [2.24, 2.45) is 0 Å². The third kappa shape index (κ3) is 2.07. The van der Waals surface area contributed by atoms with Gasteiger partial charge in [0.05, 0.1) is 0 Å². The molecule has 0 saturated carbocycles. The van der Waals surface area contributed by atoms with E-state index in [2.05, 4.69) is 20.5 Å². The number of aryl methyl sites for hydroxylation is 1. The lowest BCUT2D eigenvalue weighted by atomic mass is 9.98. The molecule has 2 rings (SSSR count). The molecule has 100 valence electrons. The molecule has 2 aromatic rings. The molecule has 0 aliphatic carbocycles. The van der Waals surface area contributed by atoms with Crippen LogP contribution in [0.3, 0.4) is 0 Å². The minimum Gasteiger partial charge on any atom is -0.479 e. The van der Waals surface area contributed by atoms with Gasteiger partial charge in [0, 0.05) is 18.0 Å². The van der Waals surface area contributed by atoms with E-state index in [-0.39, 0.29) is 0 Å². The molecule has 2 heterocycles. The Kier molecular flexibility index (Phi) is 3.28. The van der Waals surface area contributed by atoms with Gasteiger partial charge in [0.15, 0.2) is 11.4 Å². The van der Waals surface area contributed by atoms with Crippen molar-refractivity contribution >= 4 is 5.97 Å². The molecule has 2 aromatic heterocycles. The van der Waals surface area contributed by atoms with E-state index >= 15 is 0 Å². The lowest BCUT2D eigenvalue weighted by molar-refractivity contribution is -0.147. The Morgan fingerprint density at radius 2 is 2.26 bits per heavy atom. The van der Waals surface area contributed by atoms with Crippen LogP contribution in [-0.2, 0) is 10.3 Å². The summed E-state index contributed by atoms with van der Waals surface area (Å²) < 4.78 is 1.36. The van der Waals surface area contributed by atoms with Crippen LogP contribution in [0.4, 0.5) is 0 Å². The van der Waals surface area contributed by atoms with Gasteiger partial charge >= 0.3 is 5.97 Å². The molecule has 19 heavy (non-hydrogen) atoms. The Morgan fingerprint density at radius 1 is 1.53 bits per heavy atom. The van der Waals surface area contributed by atoms with Crippen LogP contribution in [0.1, 0.15) is 25.8 Å². The van der Waals surface area contributed by atoms with E-state index in [0.29, 0.717) is 12.2 Å². The van der Waals surface area contributed by atoms with Crippen LogP contribution in [0.15, 0.2) is 18.5 Å². The molecule has 0 aromatic carbocycles. The highest BCUT2D eigenvalue weighted by Crippen LogP contribution is 2.27. The standard InChI is InChI=1S/C12H15N5O2/c1-4-12(3,11(18)19)17-10(14-15-16-17)9-5-6-13-7-8(9)2/h5-7H,4H2,1-3H3,(H,18,19). The molecule has 0 fully saturated rings. The Bertz CT molecular complexity index is 610. The molecule has 0 amide bonds. The monoisotopic (exact) mass is 261 g/mol. The molecule has 0 aliphatic heterocycles. The SMILES string of the molecule is CCC(C)(C(=O)O)n1nnnc1-c1ccncc1C. The first-order chi connectivity index (χ1) is 9.00. The molecule has 0 aliphatic rings. The topological polar surface area (TPSA) is 93.8 Å². The zero-order valence-electron chi connectivity index (χ0n) is 11.0. The van der Waals surface area contributed by atoms with Crippen molar-refractivity contribution < 1.29 is 9.90 Å². The number of carboxylic acid groups (broad SMARTS) is 1. The number of aliphatic carboxylic acids is 1. The van der Waals surface area contributed by atoms with Crippen LogP contribution < -0.4 is 0 Å². The minimum atomic E-state index is -1.17. The molecular weight excluding hydrogens is 246 g/mol. The number of carboxylic acids is 1. The van der Waals surface area contributed by atoms with Crippen LogP contribution in [0, 0.1) is 6.92 Å². The maximum absolute atomic E-state index is 11.5. The number of hydrogen-bond acceptors (Lipinski definition) is 5. The smallest absolute Gasteiger partial charge is 0.331 e. The first kappa shape index (κ1) is 13.1. The van der Waals surface area contributed by atoms with Gasteiger partial charge in [-0.2, -0.15) is 0 Å². The third-order valence-electron chi connectivity index (χ3n) is 3.35. The molecule has 0 bridgehead atoms. The first-order valence-corrected chi connectivity index (χ1v) is 5.94. The van der Waals surface area contributed by atoms with Crippen molar-refractivity contribution in [3.05, 3.63) is 24.0 Å². The summed E-state index contributed by atoms with van der Waals surface area (Å²) in [5, 5.41) is 20.8. The van der Waals surface area contributed by atoms with Gasteiger partial charge in [-0.25, -0.2) is 9.48 Å². The Hall–Kier alpha value is -2.31. The van der Waals surface area contributed by atoms with Gasteiger partial charge in [-0.3, -0.25) is 4.98 Å². The second-order valence-electron chi connectivity index (χ2n) is 4.54. The fraction of sp³-hybridized carbons (Fsp3) is 0.417. The normalized spacial score (nSPS) is 14.1. The van der Waals surface area contributed by atoms with Crippen molar-refractivity contribution in [2.75, 3.05) is 0 Å². The van der Waals surface area contributed by atoms with Crippen molar-refractivity contribution in [1.29, 1.82) is 0 Å². The number of hydrogen-bond donors (Lipinski definition) is 1. The van der Waals surface area contributed by atoms with E-state index in [9.17, 15) is 9.90 Å². The average molecular weight is 261 g/mol. The molecule has 0 radical (unpaired) electrons. The third-order valence-corrected chi connectivity index (χ3v) is 3.35. The van der Waals surface area contributed by atoms with E-state index in [1.54, 1.807) is 32.3 Å². The number of carbonyl (C=O) groups is 1. The van der Waals surface area contributed by atoms with Gasteiger partial charge < -0.3 is 5.11 Å². The summed E-state index contributed by atoms with van der Waals surface area (Å²) in [7, 11) is 0. The summed E-state index contributed by atoms with van der Waals surface area (Å²) >= 11 is 0. The molecule has 1 unspecified atom stereocenters. The summed E-state index contributed by atoms with van der Waals surface area (Å²) in [6, 6.07) is 1.77. The molecule has 0 saturated heterocycles. The Morgan fingerprint density at radius 3 is 2.84 bits per heavy atom. The quantitative estimate of drug-likeness (QED) is 0.890. The molecule has 7 nitrogen and oxygen atoms in total. The van der Waals surface area contributed by atoms with Crippen LogP contribution in [0.25, 0.3) is 11.4 Å². The van der Waals surface area contributed by atoms with E-state index in [0.717, 1.165) is 11.1 Å². The van der Waals surface area contributed by atoms with Crippen LogP contribution in [-0.4, -0.2) is 36.3 Å². The predicted octanol–water partition coefficient (Wildman–Crippen LogP) is 1.25. The second-order valence-corrected chi connectivity index (χ2v) is 4.54. The van der Waals surface area contributed by atoms with Gasteiger partial charge in [-0.15, -0.1) is 5.10 Å². The fourth-order valence-electron chi connectivity index (χ4n) is 1.80. The van der Waals surface area contributed by atoms with Crippen LogP contribution in [0.5, 0.6) is 0 Å². The molecule has 7 heteroatoms.